The molecular formula is C15H22N2O3. The molecular weight excluding hydrogens is 256 g/mol. The van der Waals surface area contributed by atoms with E-state index in [0.29, 0.717) is 18.8 Å². The van der Waals surface area contributed by atoms with E-state index in [1.165, 1.54) is 0 Å². The topological polar surface area (TPSA) is 51.7 Å². The Morgan fingerprint density at radius 1 is 1.50 bits per heavy atom. The zero-order chi connectivity index (χ0) is 14.5. The van der Waals surface area contributed by atoms with E-state index in [-0.39, 0.29) is 18.1 Å². The van der Waals surface area contributed by atoms with Crippen molar-refractivity contribution in [1.29, 1.82) is 0 Å². The van der Waals surface area contributed by atoms with Crippen LogP contribution in [-0.2, 0) is 15.9 Å². The number of nitrogens with zero attached hydrogens (tertiary/aromatic N) is 2. The van der Waals surface area contributed by atoms with E-state index < -0.39 is 0 Å². The van der Waals surface area contributed by atoms with Crippen LogP contribution < -0.4 is 0 Å². The highest BCUT2D eigenvalue weighted by atomic mass is 16.5. The quantitative estimate of drug-likeness (QED) is 0.819. The minimum atomic E-state index is -0.0399. The van der Waals surface area contributed by atoms with Crippen molar-refractivity contribution in [3.63, 3.8) is 0 Å². The highest BCUT2D eigenvalue weighted by molar-refractivity contribution is 5.93. The van der Waals surface area contributed by atoms with Gasteiger partial charge in [-0.05, 0) is 30.5 Å². The van der Waals surface area contributed by atoms with Crippen molar-refractivity contribution >= 4 is 5.91 Å². The van der Waals surface area contributed by atoms with Crippen LogP contribution in [-0.4, -0.2) is 55.3 Å². The summed E-state index contributed by atoms with van der Waals surface area (Å²) in [5.74, 6) is -0.0399. The fraction of sp³-hybridized carbons (Fsp3) is 0.600. The summed E-state index contributed by atoms with van der Waals surface area (Å²) < 4.78 is 10.6. The van der Waals surface area contributed by atoms with Gasteiger partial charge in [0, 0.05) is 27.0 Å². The van der Waals surface area contributed by atoms with Gasteiger partial charge in [-0.2, -0.15) is 0 Å². The van der Waals surface area contributed by atoms with Gasteiger partial charge in [0.15, 0.2) is 0 Å². The first-order valence-corrected chi connectivity index (χ1v) is 6.97. The molecule has 2 atom stereocenters. The number of carbonyl (C=O) groups excluding carboxylic acids is 1. The summed E-state index contributed by atoms with van der Waals surface area (Å²) in [5.41, 5.74) is 1.62. The van der Waals surface area contributed by atoms with E-state index in [2.05, 4.69) is 11.9 Å². The van der Waals surface area contributed by atoms with Gasteiger partial charge < -0.3 is 14.4 Å². The lowest BCUT2D eigenvalue weighted by atomic mass is 10.1. The molecule has 0 aromatic carbocycles. The number of ether oxygens (including phenoxy) is 2. The summed E-state index contributed by atoms with van der Waals surface area (Å²) in [7, 11) is 3.33. The lowest BCUT2D eigenvalue weighted by molar-refractivity contribution is 0.0606. The third-order valence-corrected chi connectivity index (χ3v) is 3.78. The zero-order valence-corrected chi connectivity index (χ0v) is 12.3. The number of amides is 1. The Bertz CT molecular complexity index is 464. The van der Waals surface area contributed by atoms with Gasteiger partial charge in [-0.25, -0.2) is 0 Å². The van der Waals surface area contributed by atoms with Crippen LogP contribution in [0.1, 0.15) is 29.4 Å². The van der Waals surface area contributed by atoms with E-state index in [1.807, 2.05) is 17.0 Å². The van der Waals surface area contributed by atoms with Crippen LogP contribution in [0.25, 0.3) is 0 Å². The number of rotatable bonds is 5. The lowest BCUT2D eigenvalue weighted by Gasteiger charge is -2.23. The number of aromatic nitrogens is 1. The van der Waals surface area contributed by atoms with Crippen LogP contribution in [0, 0.1) is 0 Å². The predicted octanol–water partition coefficient (Wildman–Crippen LogP) is 1.52. The van der Waals surface area contributed by atoms with Crippen molar-refractivity contribution in [3.05, 3.63) is 29.6 Å². The normalized spacial score (nSPS) is 22.2. The van der Waals surface area contributed by atoms with E-state index in [1.54, 1.807) is 20.4 Å². The van der Waals surface area contributed by atoms with Crippen LogP contribution in [0.4, 0.5) is 0 Å². The van der Waals surface area contributed by atoms with Gasteiger partial charge in [-0.1, -0.05) is 6.92 Å². The van der Waals surface area contributed by atoms with Crippen LogP contribution in [0.3, 0.4) is 0 Å². The molecule has 1 aliphatic rings. The molecule has 2 rings (SSSR count). The van der Waals surface area contributed by atoms with Crippen molar-refractivity contribution in [2.24, 2.45) is 0 Å². The molecule has 5 heteroatoms. The molecule has 5 nitrogen and oxygen atoms in total. The van der Waals surface area contributed by atoms with Crippen molar-refractivity contribution < 1.29 is 14.3 Å². The maximum Gasteiger partial charge on any atom is 0.272 e. The first-order chi connectivity index (χ1) is 9.69. The molecule has 0 unspecified atom stereocenters. The minimum Gasteiger partial charge on any atom is -0.383 e. The van der Waals surface area contributed by atoms with Crippen molar-refractivity contribution in [1.82, 2.24) is 9.88 Å². The Morgan fingerprint density at radius 3 is 2.95 bits per heavy atom. The van der Waals surface area contributed by atoms with Gasteiger partial charge in [0.05, 0.1) is 18.8 Å². The Balaban J connectivity index is 2.17. The van der Waals surface area contributed by atoms with Crippen LogP contribution in [0.2, 0.25) is 0 Å². The van der Waals surface area contributed by atoms with Gasteiger partial charge in [0.1, 0.15) is 5.69 Å². The standard InChI is InChI=1S/C15H22N2O3/c1-4-11-5-6-16-14(7-11)15(18)17-9-13(20-3)8-12(17)10-19-2/h5-7,12-13H,4,8-10H2,1-3H3/t12-,13+/m0/s1. The van der Waals surface area contributed by atoms with Crippen molar-refractivity contribution in [2.75, 3.05) is 27.4 Å². The maximum absolute atomic E-state index is 12.6. The fourth-order valence-electron chi connectivity index (χ4n) is 2.60. The van der Waals surface area contributed by atoms with Gasteiger partial charge in [-0.3, -0.25) is 9.78 Å². The van der Waals surface area contributed by atoms with Crippen molar-refractivity contribution in [3.8, 4) is 0 Å². The molecule has 110 valence electrons. The molecule has 0 spiro atoms. The third kappa shape index (κ3) is 3.16. The van der Waals surface area contributed by atoms with Gasteiger partial charge in [0.2, 0.25) is 0 Å². The third-order valence-electron chi connectivity index (χ3n) is 3.78. The molecule has 1 amide bonds. The van der Waals surface area contributed by atoms with Crippen LogP contribution in [0.15, 0.2) is 18.3 Å². The van der Waals surface area contributed by atoms with Gasteiger partial charge in [-0.15, -0.1) is 0 Å². The molecule has 0 radical (unpaired) electrons. The Labute approximate surface area is 119 Å². The molecule has 20 heavy (non-hydrogen) atoms. The number of carbonyl (C=O) groups is 1. The van der Waals surface area contributed by atoms with Crippen LogP contribution >= 0.6 is 0 Å². The lowest BCUT2D eigenvalue weighted by Crippen LogP contribution is -2.38. The number of hydrogen-bond acceptors (Lipinski definition) is 4. The number of hydrogen-bond donors (Lipinski definition) is 0. The Kier molecular flexibility index (Phi) is 5.09. The number of likely N-dealkylation sites (tertiary alicyclic amines) is 1. The SMILES string of the molecule is CCc1ccnc(C(=O)N2C[C@H](OC)C[C@H]2COC)c1. The maximum atomic E-state index is 12.6. The summed E-state index contributed by atoms with van der Waals surface area (Å²) in [6, 6.07) is 3.86. The van der Waals surface area contributed by atoms with Gasteiger partial charge >= 0.3 is 0 Å². The van der Waals surface area contributed by atoms with Crippen molar-refractivity contribution in [2.45, 2.75) is 31.9 Å². The van der Waals surface area contributed by atoms with Gasteiger partial charge in [0.25, 0.3) is 5.91 Å². The number of pyridine rings is 1. The monoisotopic (exact) mass is 278 g/mol. The molecule has 0 saturated carbocycles. The predicted molar refractivity (Wildman–Crippen MR) is 75.7 cm³/mol. The zero-order valence-electron chi connectivity index (χ0n) is 12.3. The van der Waals surface area contributed by atoms with E-state index in [9.17, 15) is 4.79 Å². The second-order valence-corrected chi connectivity index (χ2v) is 5.06. The Morgan fingerprint density at radius 2 is 2.30 bits per heavy atom. The molecule has 1 aromatic heterocycles. The summed E-state index contributed by atoms with van der Waals surface area (Å²) in [4.78, 5) is 18.6. The average molecular weight is 278 g/mol. The van der Waals surface area contributed by atoms with E-state index in [4.69, 9.17) is 9.47 Å². The first kappa shape index (κ1) is 14.9. The summed E-state index contributed by atoms with van der Waals surface area (Å²) >= 11 is 0. The average Bonchev–Trinajstić information content (AvgIpc) is 2.90. The molecule has 1 saturated heterocycles. The fourth-order valence-corrected chi connectivity index (χ4v) is 2.60. The second kappa shape index (κ2) is 6.81. The molecule has 2 heterocycles. The Hall–Kier alpha value is -1.46. The molecule has 0 N–H and O–H groups in total. The minimum absolute atomic E-state index is 0.0399. The molecule has 1 aliphatic heterocycles. The van der Waals surface area contributed by atoms with Crippen LogP contribution in [0.5, 0.6) is 0 Å². The van der Waals surface area contributed by atoms with E-state index >= 15 is 0 Å². The first-order valence-electron chi connectivity index (χ1n) is 6.97. The summed E-state index contributed by atoms with van der Waals surface area (Å²) in [6.45, 7) is 3.19. The number of methoxy groups -OCH3 is 2. The smallest absolute Gasteiger partial charge is 0.272 e. The molecule has 1 fully saturated rings. The second-order valence-electron chi connectivity index (χ2n) is 5.06. The summed E-state index contributed by atoms with van der Waals surface area (Å²) in [5, 5.41) is 0. The van der Waals surface area contributed by atoms with E-state index in [0.717, 1.165) is 18.4 Å². The molecule has 0 bridgehead atoms. The highest BCUT2D eigenvalue weighted by Crippen LogP contribution is 2.22. The number of aryl methyl sites for hydroxylation is 1. The summed E-state index contributed by atoms with van der Waals surface area (Å²) in [6.07, 6.45) is 3.48. The highest BCUT2D eigenvalue weighted by Gasteiger charge is 2.36. The molecule has 0 aliphatic carbocycles. The molecule has 1 aromatic rings. The largest absolute Gasteiger partial charge is 0.383 e.